The van der Waals surface area contributed by atoms with E-state index >= 15 is 0 Å². The molecule has 0 saturated carbocycles. The standard InChI is InChI=1S/C23H35ClN6O2.C2H4O2/c1-5-8-17-15-19(26-21(25-17)23(2,3)4)29-13-11-28(12-14-29)9-6-7-10-30-16-18(24)20(31)27-22(30)32;1-2(3)4/h15-16H,5-14H2,1-4H3,(H,27,31,32);1H3,(H,3,4). The molecule has 1 saturated heterocycles. The van der Waals surface area contributed by atoms with Crippen LogP contribution < -0.4 is 26.2 Å². The monoisotopic (exact) mass is 522 g/mol. The molecule has 0 radical (unpaired) electrons. The van der Waals surface area contributed by atoms with Crippen LogP contribution in [0.15, 0.2) is 21.9 Å². The topological polar surface area (TPSA) is 128 Å². The number of H-pyrrole nitrogens is 1. The molecule has 3 rings (SSSR count). The number of aryl methyl sites for hydroxylation is 2. The van der Waals surface area contributed by atoms with Gasteiger partial charge in [-0.05, 0) is 26.2 Å². The summed E-state index contributed by atoms with van der Waals surface area (Å²) >= 11 is 5.83. The van der Waals surface area contributed by atoms with E-state index in [2.05, 4.69) is 43.6 Å². The number of carbonyl (C=O) groups excluding carboxylic acids is 1. The maximum absolute atomic E-state index is 11.8. The number of halogens is 1. The largest absolute Gasteiger partial charge is 0.550 e. The van der Waals surface area contributed by atoms with Gasteiger partial charge in [0, 0.05) is 35.9 Å². The minimum Gasteiger partial charge on any atom is -0.550 e. The number of unbranched alkanes of at least 4 members (excludes halogenated alkanes) is 1. The Morgan fingerprint density at radius 1 is 1.19 bits per heavy atom. The predicted molar refractivity (Wildman–Crippen MR) is 139 cm³/mol. The lowest BCUT2D eigenvalue weighted by Gasteiger charge is -2.33. The molecule has 11 heteroatoms. The Labute approximate surface area is 217 Å². The molecule has 0 aliphatic carbocycles. The summed E-state index contributed by atoms with van der Waals surface area (Å²) in [5.74, 6) is 0.896. The van der Waals surface area contributed by atoms with Crippen molar-refractivity contribution in [1.82, 2.24) is 19.5 Å². The van der Waals surface area contributed by atoms with Crippen molar-refractivity contribution in [3.8, 4) is 0 Å². The number of aromatic amines is 1. The van der Waals surface area contributed by atoms with Crippen LogP contribution in [0.25, 0.3) is 0 Å². The van der Waals surface area contributed by atoms with Gasteiger partial charge < -0.3 is 19.7 Å². The molecule has 1 fully saturated rings. The highest BCUT2D eigenvalue weighted by Crippen LogP contribution is 2.23. The molecular formula is C25H39ClN6O4. The van der Waals surface area contributed by atoms with E-state index in [0.717, 1.165) is 82.7 Å². The number of anilines is 1. The first-order chi connectivity index (χ1) is 16.9. The number of nitrogens with one attached hydrogen (secondary N) is 2. The summed E-state index contributed by atoms with van der Waals surface area (Å²) in [5, 5.41) is 8.94. The van der Waals surface area contributed by atoms with Crippen molar-refractivity contribution < 1.29 is 14.8 Å². The van der Waals surface area contributed by atoms with Gasteiger partial charge in [0.25, 0.3) is 5.56 Å². The minimum absolute atomic E-state index is 0.0489. The second-order valence-electron chi connectivity index (χ2n) is 10.2. The van der Waals surface area contributed by atoms with Gasteiger partial charge in [0.15, 0.2) is 0 Å². The summed E-state index contributed by atoms with van der Waals surface area (Å²) in [5.41, 5.74) is 0.135. The van der Waals surface area contributed by atoms with Crippen molar-refractivity contribution >= 4 is 23.4 Å². The van der Waals surface area contributed by atoms with Crippen LogP contribution in [-0.4, -0.2) is 58.2 Å². The fourth-order valence-corrected chi connectivity index (χ4v) is 4.14. The van der Waals surface area contributed by atoms with E-state index in [9.17, 15) is 9.59 Å². The number of hydrogen-bond donors (Lipinski definition) is 2. The van der Waals surface area contributed by atoms with Crippen LogP contribution >= 0.6 is 11.6 Å². The molecule has 0 bridgehead atoms. The Morgan fingerprint density at radius 3 is 2.42 bits per heavy atom. The Hall–Kier alpha value is -2.72. The molecule has 36 heavy (non-hydrogen) atoms. The number of piperazine rings is 1. The zero-order chi connectivity index (χ0) is 26.9. The van der Waals surface area contributed by atoms with E-state index in [0.29, 0.717) is 6.54 Å². The third kappa shape index (κ3) is 9.39. The zero-order valence-electron chi connectivity index (χ0n) is 22.0. The summed E-state index contributed by atoms with van der Waals surface area (Å²) in [4.78, 5) is 48.0. The van der Waals surface area contributed by atoms with Gasteiger partial charge in [-0.3, -0.25) is 14.3 Å². The lowest BCUT2D eigenvalue weighted by molar-refractivity contribution is -0.900. The molecular weight excluding hydrogens is 484 g/mol. The maximum atomic E-state index is 11.8. The molecule has 0 spiro atoms. The van der Waals surface area contributed by atoms with Crippen LogP contribution in [0.3, 0.4) is 0 Å². The van der Waals surface area contributed by atoms with Crippen LogP contribution in [0, 0.1) is 0 Å². The second kappa shape index (κ2) is 13.5. The smallest absolute Gasteiger partial charge is 0.328 e. The molecule has 1 aliphatic rings. The summed E-state index contributed by atoms with van der Waals surface area (Å²) < 4.78 is 1.48. The van der Waals surface area contributed by atoms with E-state index in [1.807, 2.05) is 0 Å². The van der Waals surface area contributed by atoms with Gasteiger partial charge in [0.2, 0.25) is 0 Å². The van der Waals surface area contributed by atoms with Crippen LogP contribution in [0.4, 0.5) is 5.82 Å². The number of quaternary nitrogens is 1. The molecule has 0 atom stereocenters. The zero-order valence-corrected chi connectivity index (χ0v) is 22.8. The minimum atomic E-state index is -1.08. The highest BCUT2D eigenvalue weighted by atomic mass is 35.5. The van der Waals surface area contributed by atoms with Crippen LogP contribution in [0.1, 0.15) is 65.4 Å². The molecule has 2 N–H and O–H groups in total. The molecule has 3 heterocycles. The molecule has 2 aromatic heterocycles. The average molecular weight is 523 g/mol. The van der Waals surface area contributed by atoms with Crippen molar-refractivity contribution in [3.05, 3.63) is 49.6 Å². The Kier molecular flexibility index (Phi) is 11.1. The summed E-state index contributed by atoms with van der Waals surface area (Å²) in [7, 11) is 0. The third-order valence-electron chi connectivity index (χ3n) is 5.88. The van der Waals surface area contributed by atoms with Gasteiger partial charge in [-0.15, -0.1) is 0 Å². The number of rotatable bonds is 8. The van der Waals surface area contributed by atoms with E-state index in [1.54, 1.807) is 4.90 Å². The van der Waals surface area contributed by atoms with Crippen molar-refractivity contribution in [2.75, 3.05) is 37.6 Å². The first-order valence-electron chi connectivity index (χ1n) is 12.5. The quantitative estimate of drug-likeness (QED) is 0.473. The van der Waals surface area contributed by atoms with Crippen molar-refractivity contribution in [1.29, 1.82) is 0 Å². The van der Waals surface area contributed by atoms with Crippen LogP contribution in [0.2, 0.25) is 5.02 Å². The number of carboxylic acid groups (broad SMARTS) is 1. The van der Waals surface area contributed by atoms with Crippen molar-refractivity contribution in [3.63, 3.8) is 0 Å². The number of hydrogen-bond acceptors (Lipinski definition) is 7. The van der Waals surface area contributed by atoms with Gasteiger partial charge in [-0.1, -0.05) is 45.7 Å². The van der Waals surface area contributed by atoms with Gasteiger partial charge in [-0.25, -0.2) is 14.8 Å². The number of aromatic nitrogens is 4. The van der Waals surface area contributed by atoms with Crippen LogP contribution in [0.5, 0.6) is 0 Å². The van der Waals surface area contributed by atoms with Gasteiger partial charge in [-0.2, -0.15) is 0 Å². The van der Waals surface area contributed by atoms with Crippen molar-refractivity contribution in [2.24, 2.45) is 0 Å². The summed E-state index contributed by atoms with van der Waals surface area (Å²) in [6.07, 6.45) is 5.37. The Bertz CT molecular complexity index is 1110. The molecule has 200 valence electrons. The van der Waals surface area contributed by atoms with E-state index in [1.165, 1.54) is 10.8 Å². The predicted octanol–water partition coefficient (Wildman–Crippen LogP) is 0.172. The lowest BCUT2D eigenvalue weighted by Crippen LogP contribution is -3.14. The van der Waals surface area contributed by atoms with Crippen molar-refractivity contribution in [2.45, 2.75) is 72.3 Å². The Morgan fingerprint density at radius 2 is 1.83 bits per heavy atom. The fourth-order valence-electron chi connectivity index (χ4n) is 3.97. The van der Waals surface area contributed by atoms with Gasteiger partial charge in [0.1, 0.15) is 16.7 Å². The summed E-state index contributed by atoms with van der Waals surface area (Å²) in [6, 6.07) is 2.16. The number of nitrogens with zero attached hydrogens (tertiary/aromatic N) is 4. The molecule has 10 nitrogen and oxygen atoms in total. The van der Waals surface area contributed by atoms with Gasteiger partial charge in [0.05, 0.1) is 32.7 Å². The number of carboxylic acids is 1. The fraction of sp³-hybridized carbons (Fsp3) is 0.640. The Balaban J connectivity index is 0.00000106. The SMILES string of the molecule is CC(=O)[O-].CCCc1cc(N2CC[NH+](CCCCn3cc(Cl)c(=O)[nH]c3=O)CC2)nc(C(C)(C)C)n1. The number of aliphatic carboxylic acids is 1. The first kappa shape index (κ1) is 29.5. The normalized spacial score (nSPS) is 14.3. The van der Waals surface area contributed by atoms with E-state index in [4.69, 9.17) is 31.5 Å². The van der Waals surface area contributed by atoms with E-state index in [-0.39, 0.29) is 10.4 Å². The molecule has 0 amide bonds. The highest BCUT2D eigenvalue weighted by molar-refractivity contribution is 6.30. The molecule has 2 aromatic rings. The molecule has 0 unspecified atom stereocenters. The van der Waals surface area contributed by atoms with Gasteiger partial charge >= 0.3 is 5.69 Å². The van der Waals surface area contributed by atoms with E-state index < -0.39 is 17.2 Å². The molecule has 1 aliphatic heterocycles. The average Bonchev–Trinajstić information content (AvgIpc) is 2.79. The van der Waals surface area contributed by atoms with Crippen LogP contribution in [-0.2, 0) is 23.2 Å². The maximum Gasteiger partial charge on any atom is 0.328 e. The summed E-state index contributed by atoms with van der Waals surface area (Å²) in [6.45, 7) is 15.4. The first-order valence-corrected chi connectivity index (χ1v) is 12.9. The second-order valence-corrected chi connectivity index (χ2v) is 10.6. The highest BCUT2D eigenvalue weighted by Gasteiger charge is 2.24. The third-order valence-corrected chi connectivity index (χ3v) is 6.15. The lowest BCUT2D eigenvalue weighted by atomic mass is 9.95. The molecule has 0 aromatic carbocycles. The number of carbonyl (C=O) groups is 1.